The van der Waals surface area contributed by atoms with Crippen LogP contribution >= 0.6 is 0 Å². The summed E-state index contributed by atoms with van der Waals surface area (Å²) < 4.78 is 6.06. The summed E-state index contributed by atoms with van der Waals surface area (Å²) in [5.41, 5.74) is -0.416. The molecule has 1 saturated heterocycles. The summed E-state index contributed by atoms with van der Waals surface area (Å²) in [5.74, 6) is -0.755. The first-order valence-corrected chi connectivity index (χ1v) is 6.31. The van der Waals surface area contributed by atoms with Crippen LogP contribution in [0.3, 0.4) is 0 Å². The van der Waals surface area contributed by atoms with Crippen molar-refractivity contribution in [2.45, 2.75) is 56.7 Å². The maximum Gasteiger partial charge on any atom is 0.306 e. The standard InChI is InChI=1S/C12H21NO3/c14-11(15)7-12(8-13-9-12)16-10-5-3-1-2-4-6-10/h10,13H,1-9H2,(H,14,15). The molecule has 0 aromatic rings. The molecule has 1 heterocycles. The Bertz CT molecular complexity index is 243. The third-order valence-corrected chi connectivity index (χ3v) is 3.59. The predicted molar refractivity (Wildman–Crippen MR) is 60.4 cm³/mol. The molecule has 92 valence electrons. The van der Waals surface area contributed by atoms with Gasteiger partial charge in [-0.25, -0.2) is 0 Å². The minimum atomic E-state index is -0.755. The molecule has 1 aliphatic carbocycles. The van der Waals surface area contributed by atoms with E-state index < -0.39 is 11.6 Å². The van der Waals surface area contributed by atoms with E-state index >= 15 is 0 Å². The maximum absolute atomic E-state index is 10.8. The van der Waals surface area contributed by atoms with E-state index in [4.69, 9.17) is 9.84 Å². The largest absolute Gasteiger partial charge is 0.481 e. The van der Waals surface area contributed by atoms with Crippen LogP contribution in [-0.2, 0) is 9.53 Å². The number of carbonyl (C=O) groups is 1. The second-order valence-electron chi connectivity index (χ2n) is 5.09. The van der Waals surface area contributed by atoms with Gasteiger partial charge >= 0.3 is 5.97 Å². The average Bonchev–Trinajstić information content (AvgIpc) is 2.42. The molecule has 0 unspecified atom stereocenters. The summed E-state index contributed by atoms with van der Waals surface area (Å²) in [7, 11) is 0. The summed E-state index contributed by atoms with van der Waals surface area (Å²) in [6.07, 6.45) is 7.65. The zero-order valence-corrected chi connectivity index (χ0v) is 9.71. The van der Waals surface area contributed by atoms with Crippen molar-refractivity contribution < 1.29 is 14.6 Å². The van der Waals surface area contributed by atoms with Crippen molar-refractivity contribution in [1.82, 2.24) is 5.32 Å². The Kier molecular flexibility index (Phi) is 3.82. The molecule has 2 fully saturated rings. The van der Waals surface area contributed by atoms with Crippen molar-refractivity contribution in [3.8, 4) is 0 Å². The molecular weight excluding hydrogens is 206 g/mol. The van der Waals surface area contributed by atoms with Crippen LogP contribution in [0.15, 0.2) is 0 Å². The van der Waals surface area contributed by atoms with Crippen LogP contribution in [0.2, 0.25) is 0 Å². The first kappa shape index (κ1) is 11.9. The molecule has 0 bridgehead atoms. The molecule has 0 aromatic heterocycles. The Morgan fingerprint density at radius 1 is 1.25 bits per heavy atom. The zero-order chi connectivity index (χ0) is 11.4. The fourth-order valence-corrected chi connectivity index (χ4v) is 2.64. The molecule has 1 saturated carbocycles. The Balaban J connectivity index is 1.87. The minimum Gasteiger partial charge on any atom is -0.481 e. The monoisotopic (exact) mass is 227 g/mol. The number of hydrogen-bond donors (Lipinski definition) is 2. The molecule has 0 spiro atoms. The minimum absolute atomic E-state index is 0.135. The lowest BCUT2D eigenvalue weighted by Crippen LogP contribution is -2.63. The number of hydrogen-bond acceptors (Lipinski definition) is 3. The summed E-state index contributed by atoms with van der Waals surface area (Å²) in [4.78, 5) is 10.8. The van der Waals surface area contributed by atoms with E-state index in [9.17, 15) is 4.79 Å². The van der Waals surface area contributed by atoms with Gasteiger partial charge in [0, 0.05) is 13.1 Å². The van der Waals surface area contributed by atoms with Gasteiger partial charge in [0.1, 0.15) is 5.60 Å². The van der Waals surface area contributed by atoms with Crippen molar-refractivity contribution in [3.63, 3.8) is 0 Å². The number of nitrogens with one attached hydrogen (secondary N) is 1. The van der Waals surface area contributed by atoms with Crippen LogP contribution < -0.4 is 5.32 Å². The van der Waals surface area contributed by atoms with Crippen molar-refractivity contribution in [2.24, 2.45) is 0 Å². The van der Waals surface area contributed by atoms with Crippen LogP contribution in [0, 0.1) is 0 Å². The highest BCUT2D eigenvalue weighted by Crippen LogP contribution is 2.29. The first-order valence-electron chi connectivity index (χ1n) is 6.31. The van der Waals surface area contributed by atoms with Gasteiger partial charge in [-0.1, -0.05) is 25.7 Å². The van der Waals surface area contributed by atoms with Gasteiger partial charge in [0.05, 0.1) is 12.5 Å². The van der Waals surface area contributed by atoms with E-state index in [-0.39, 0.29) is 12.5 Å². The quantitative estimate of drug-likeness (QED) is 0.715. The highest BCUT2D eigenvalue weighted by Gasteiger charge is 2.42. The highest BCUT2D eigenvalue weighted by atomic mass is 16.5. The van der Waals surface area contributed by atoms with Crippen LogP contribution in [0.5, 0.6) is 0 Å². The topological polar surface area (TPSA) is 58.6 Å². The van der Waals surface area contributed by atoms with E-state index in [1.54, 1.807) is 0 Å². The second-order valence-corrected chi connectivity index (χ2v) is 5.09. The summed E-state index contributed by atoms with van der Waals surface area (Å²) in [5, 5.41) is 12.0. The third kappa shape index (κ3) is 2.95. The summed E-state index contributed by atoms with van der Waals surface area (Å²) >= 11 is 0. The van der Waals surface area contributed by atoms with Gasteiger partial charge in [-0.15, -0.1) is 0 Å². The molecule has 2 N–H and O–H groups in total. The number of carboxylic acids is 1. The Hall–Kier alpha value is -0.610. The van der Waals surface area contributed by atoms with Crippen LogP contribution in [-0.4, -0.2) is 35.9 Å². The van der Waals surface area contributed by atoms with E-state index in [0.29, 0.717) is 13.1 Å². The van der Waals surface area contributed by atoms with E-state index in [0.717, 1.165) is 12.8 Å². The molecule has 0 aromatic carbocycles. The fourth-order valence-electron chi connectivity index (χ4n) is 2.64. The lowest BCUT2D eigenvalue weighted by Gasteiger charge is -2.43. The van der Waals surface area contributed by atoms with E-state index in [1.807, 2.05) is 0 Å². The summed E-state index contributed by atoms with van der Waals surface area (Å²) in [6.45, 7) is 1.38. The average molecular weight is 227 g/mol. The lowest BCUT2D eigenvalue weighted by molar-refractivity contribution is -0.160. The number of carboxylic acid groups (broad SMARTS) is 1. The normalized spacial score (nSPS) is 25.8. The van der Waals surface area contributed by atoms with Crippen LogP contribution in [0.25, 0.3) is 0 Å². The van der Waals surface area contributed by atoms with Crippen molar-refractivity contribution in [1.29, 1.82) is 0 Å². The Morgan fingerprint density at radius 3 is 2.31 bits per heavy atom. The molecule has 2 aliphatic rings. The maximum atomic E-state index is 10.8. The molecule has 0 atom stereocenters. The molecule has 0 radical (unpaired) electrons. The smallest absolute Gasteiger partial charge is 0.306 e. The Morgan fingerprint density at radius 2 is 1.88 bits per heavy atom. The molecule has 1 aliphatic heterocycles. The van der Waals surface area contributed by atoms with Gasteiger partial charge in [-0.2, -0.15) is 0 Å². The first-order chi connectivity index (χ1) is 7.70. The predicted octanol–water partition coefficient (Wildman–Crippen LogP) is 1.54. The van der Waals surface area contributed by atoms with E-state index in [1.165, 1.54) is 25.7 Å². The van der Waals surface area contributed by atoms with Gasteiger partial charge in [-0.05, 0) is 12.8 Å². The van der Waals surface area contributed by atoms with Gasteiger partial charge < -0.3 is 15.2 Å². The van der Waals surface area contributed by atoms with Crippen LogP contribution in [0.4, 0.5) is 0 Å². The number of aliphatic carboxylic acids is 1. The van der Waals surface area contributed by atoms with E-state index in [2.05, 4.69) is 5.32 Å². The lowest BCUT2D eigenvalue weighted by atomic mass is 9.92. The SMILES string of the molecule is O=C(O)CC1(OC2CCCCCC2)CNC1. The second kappa shape index (κ2) is 5.15. The third-order valence-electron chi connectivity index (χ3n) is 3.59. The summed E-state index contributed by atoms with van der Waals surface area (Å²) in [6, 6.07) is 0. The van der Waals surface area contributed by atoms with Crippen molar-refractivity contribution in [2.75, 3.05) is 13.1 Å². The molecular formula is C12H21NO3. The zero-order valence-electron chi connectivity index (χ0n) is 9.71. The van der Waals surface area contributed by atoms with Crippen LogP contribution in [0.1, 0.15) is 44.9 Å². The molecule has 4 heteroatoms. The number of ether oxygens (including phenoxy) is 1. The van der Waals surface area contributed by atoms with Crippen molar-refractivity contribution in [3.05, 3.63) is 0 Å². The van der Waals surface area contributed by atoms with Crippen molar-refractivity contribution >= 4 is 5.97 Å². The van der Waals surface area contributed by atoms with Gasteiger partial charge in [-0.3, -0.25) is 4.79 Å². The fraction of sp³-hybridized carbons (Fsp3) is 0.917. The molecule has 2 rings (SSSR count). The molecule has 16 heavy (non-hydrogen) atoms. The van der Waals surface area contributed by atoms with Gasteiger partial charge in [0.15, 0.2) is 0 Å². The van der Waals surface area contributed by atoms with Gasteiger partial charge in [0.25, 0.3) is 0 Å². The number of rotatable bonds is 4. The molecule has 0 amide bonds. The van der Waals surface area contributed by atoms with Gasteiger partial charge in [0.2, 0.25) is 0 Å². The Labute approximate surface area is 96.4 Å². The molecule has 4 nitrogen and oxygen atoms in total. The highest BCUT2D eigenvalue weighted by molar-refractivity contribution is 5.68.